The Hall–Kier alpha value is -2.87. The number of aryl methyl sites for hydroxylation is 1. The Morgan fingerprint density at radius 2 is 2.00 bits per heavy atom. The van der Waals surface area contributed by atoms with E-state index in [0.717, 1.165) is 29.2 Å². The maximum absolute atomic E-state index is 13.9. The van der Waals surface area contributed by atoms with Crippen molar-refractivity contribution in [2.45, 2.75) is 31.5 Å². The molecule has 2 aliphatic rings. The van der Waals surface area contributed by atoms with Crippen LogP contribution in [0.15, 0.2) is 66.0 Å². The van der Waals surface area contributed by atoms with Crippen molar-refractivity contribution in [1.82, 2.24) is 10.2 Å². The first kappa shape index (κ1) is 22.9. The summed E-state index contributed by atoms with van der Waals surface area (Å²) in [6.07, 6.45) is 0.955. The largest absolute Gasteiger partial charge is 0.457 e. The lowest BCUT2D eigenvalue weighted by Gasteiger charge is -2.36. The van der Waals surface area contributed by atoms with Crippen LogP contribution in [0.3, 0.4) is 0 Å². The molecule has 176 valence electrons. The number of amides is 2. The SMILES string of the molecule is Cc1cc(Oc2ccccc2)ccc1N(C(=O)CCl)C(C(=O)N1CC2CC1CN2)c1cccs1. The standard InChI is InChI=1S/C26H26ClN3O3S/c1-17-12-21(33-20-6-3-2-4-7-20)9-10-22(17)30(24(31)14-27)25(23-8-5-11-34-23)26(32)29-16-18-13-19(29)15-28-18/h2-12,18-19,25,28H,13-16H2,1H3. The van der Waals surface area contributed by atoms with Crippen molar-refractivity contribution in [3.05, 3.63) is 76.5 Å². The van der Waals surface area contributed by atoms with Crippen LogP contribution in [0.5, 0.6) is 11.5 Å². The number of para-hydroxylation sites is 1. The van der Waals surface area contributed by atoms with E-state index >= 15 is 0 Å². The number of ether oxygens (including phenoxy) is 1. The number of nitrogens with one attached hydrogen (secondary N) is 1. The third-order valence-electron chi connectivity index (χ3n) is 6.43. The molecule has 1 aromatic heterocycles. The number of carbonyl (C=O) groups is 2. The molecule has 34 heavy (non-hydrogen) atoms. The fourth-order valence-corrected chi connectivity index (χ4v) is 5.80. The van der Waals surface area contributed by atoms with E-state index in [0.29, 0.717) is 24.0 Å². The molecule has 2 fully saturated rings. The van der Waals surface area contributed by atoms with Gasteiger partial charge in [-0.1, -0.05) is 24.3 Å². The second kappa shape index (κ2) is 9.78. The van der Waals surface area contributed by atoms with Crippen LogP contribution in [0, 0.1) is 6.92 Å². The first-order valence-electron chi connectivity index (χ1n) is 11.3. The molecular formula is C26H26ClN3O3S. The smallest absolute Gasteiger partial charge is 0.251 e. The summed E-state index contributed by atoms with van der Waals surface area (Å²) in [5.74, 6) is 0.805. The van der Waals surface area contributed by atoms with E-state index in [9.17, 15) is 9.59 Å². The number of rotatable bonds is 7. The highest BCUT2D eigenvalue weighted by atomic mass is 35.5. The zero-order chi connectivity index (χ0) is 23.7. The number of thiophene rings is 1. The van der Waals surface area contributed by atoms with E-state index in [1.165, 1.54) is 11.3 Å². The van der Waals surface area contributed by atoms with Crippen LogP contribution in [0.25, 0.3) is 0 Å². The van der Waals surface area contributed by atoms with Crippen LogP contribution in [-0.2, 0) is 9.59 Å². The Morgan fingerprint density at radius 1 is 1.18 bits per heavy atom. The van der Waals surface area contributed by atoms with E-state index < -0.39 is 6.04 Å². The van der Waals surface area contributed by atoms with Crippen molar-refractivity contribution in [1.29, 1.82) is 0 Å². The van der Waals surface area contributed by atoms with Crippen molar-refractivity contribution in [3.8, 4) is 11.5 Å². The van der Waals surface area contributed by atoms with Crippen molar-refractivity contribution in [2.24, 2.45) is 0 Å². The Morgan fingerprint density at radius 3 is 2.62 bits per heavy atom. The van der Waals surface area contributed by atoms with Crippen LogP contribution in [-0.4, -0.2) is 47.8 Å². The van der Waals surface area contributed by atoms with Crippen LogP contribution < -0.4 is 15.0 Å². The molecule has 2 saturated heterocycles. The molecule has 0 saturated carbocycles. The molecule has 0 radical (unpaired) electrons. The fraction of sp³-hybridized carbons (Fsp3) is 0.308. The number of hydrogen-bond acceptors (Lipinski definition) is 5. The molecule has 2 aliphatic heterocycles. The number of carbonyl (C=O) groups excluding carboxylic acids is 2. The lowest BCUT2D eigenvalue weighted by Crippen LogP contribution is -2.52. The second-order valence-corrected chi connectivity index (χ2v) is 9.91. The summed E-state index contributed by atoms with van der Waals surface area (Å²) in [4.78, 5) is 31.5. The van der Waals surface area contributed by atoms with E-state index in [1.54, 1.807) is 4.90 Å². The highest BCUT2D eigenvalue weighted by molar-refractivity contribution is 7.10. The van der Waals surface area contributed by atoms with Gasteiger partial charge in [0.2, 0.25) is 5.91 Å². The van der Waals surface area contributed by atoms with E-state index in [1.807, 2.05) is 77.9 Å². The molecule has 2 aromatic carbocycles. The predicted octanol–water partition coefficient (Wildman–Crippen LogP) is 4.73. The maximum atomic E-state index is 13.9. The number of benzene rings is 2. The molecule has 8 heteroatoms. The van der Waals surface area contributed by atoms with Gasteiger partial charge in [-0.05, 0) is 60.7 Å². The zero-order valence-corrected chi connectivity index (χ0v) is 20.4. The van der Waals surface area contributed by atoms with Gasteiger partial charge >= 0.3 is 0 Å². The van der Waals surface area contributed by atoms with Crippen molar-refractivity contribution in [2.75, 3.05) is 23.9 Å². The minimum absolute atomic E-state index is 0.0565. The van der Waals surface area contributed by atoms with Gasteiger partial charge in [0.05, 0.1) is 0 Å². The van der Waals surface area contributed by atoms with Gasteiger partial charge in [-0.2, -0.15) is 0 Å². The number of hydrogen-bond donors (Lipinski definition) is 1. The molecule has 0 spiro atoms. The highest BCUT2D eigenvalue weighted by Crippen LogP contribution is 2.38. The predicted molar refractivity (Wildman–Crippen MR) is 135 cm³/mol. The highest BCUT2D eigenvalue weighted by Gasteiger charge is 2.45. The molecule has 2 bridgehead atoms. The number of likely N-dealkylation sites (tertiary alicyclic amines) is 1. The molecule has 3 atom stereocenters. The van der Waals surface area contributed by atoms with Crippen LogP contribution in [0.2, 0.25) is 0 Å². The lowest BCUT2D eigenvalue weighted by atomic mass is 10.1. The summed E-state index contributed by atoms with van der Waals surface area (Å²) in [5, 5.41) is 5.37. The van der Waals surface area contributed by atoms with E-state index in [-0.39, 0.29) is 23.7 Å². The number of anilines is 1. The van der Waals surface area contributed by atoms with Crippen molar-refractivity contribution in [3.63, 3.8) is 0 Å². The van der Waals surface area contributed by atoms with Gasteiger partial charge in [0.25, 0.3) is 5.91 Å². The average Bonchev–Trinajstić information content (AvgIpc) is 3.62. The van der Waals surface area contributed by atoms with Gasteiger partial charge in [-0.25, -0.2) is 0 Å². The number of halogens is 1. The maximum Gasteiger partial charge on any atom is 0.251 e. The molecule has 3 aromatic rings. The third kappa shape index (κ3) is 4.43. The van der Waals surface area contributed by atoms with E-state index in [2.05, 4.69) is 5.32 Å². The molecule has 2 amide bonds. The summed E-state index contributed by atoms with van der Waals surface area (Å²) in [6.45, 7) is 3.37. The molecule has 6 nitrogen and oxygen atoms in total. The molecule has 0 aliphatic carbocycles. The summed E-state index contributed by atoms with van der Waals surface area (Å²) >= 11 is 7.55. The van der Waals surface area contributed by atoms with Gasteiger partial charge in [-0.15, -0.1) is 22.9 Å². The van der Waals surface area contributed by atoms with Crippen molar-refractivity contribution >= 4 is 40.4 Å². The second-order valence-electron chi connectivity index (χ2n) is 8.66. The monoisotopic (exact) mass is 495 g/mol. The summed E-state index contributed by atoms with van der Waals surface area (Å²) in [5.41, 5.74) is 1.48. The van der Waals surface area contributed by atoms with E-state index in [4.69, 9.17) is 16.3 Å². The first-order valence-corrected chi connectivity index (χ1v) is 12.8. The Kier molecular flexibility index (Phi) is 6.59. The molecule has 3 heterocycles. The van der Waals surface area contributed by atoms with Gasteiger partial charge in [0.1, 0.15) is 23.4 Å². The van der Waals surface area contributed by atoms with Gasteiger partial charge in [0.15, 0.2) is 0 Å². The molecule has 3 unspecified atom stereocenters. The minimum atomic E-state index is -0.759. The van der Waals surface area contributed by atoms with Gasteiger partial charge in [-0.3, -0.25) is 14.5 Å². The average molecular weight is 496 g/mol. The Balaban J connectivity index is 1.51. The minimum Gasteiger partial charge on any atom is -0.457 e. The third-order valence-corrected chi connectivity index (χ3v) is 7.59. The summed E-state index contributed by atoms with van der Waals surface area (Å²) in [6, 6.07) is 18.6. The molecule has 1 N–H and O–H groups in total. The Bertz CT molecular complexity index is 1170. The normalized spacial score (nSPS) is 19.8. The summed E-state index contributed by atoms with van der Waals surface area (Å²) < 4.78 is 5.97. The van der Waals surface area contributed by atoms with Gasteiger partial charge in [0, 0.05) is 35.7 Å². The number of piperazine rings is 1. The number of alkyl halides is 1. The van der Waals surface area contributed by atoms with Crippen LogP contribution in [0.4, 0.5) is 5.69 Å². The quantitative estimate of drug-likeness (QED) is 0.481. The van der Waals surface area contributed by atoms with Crippen LogP contribution >= 0.6 is 22.9 Å². The topological polar surface area (TPSA) is 61.9 Å². The van der Waals surface area contributed by atoms with Gasteiger partial charge < -0.3 is 15.0 Å². The summed E-state index contributed by atoms with van der Waals surface area (Å²) in [7, 11) is 0. The number of fused-ring (bicyclic) bond motifs is 2. The Labute approximate surface area is 208 Å². The zero-order valence-electron chi connectivity index (χ0n) is 18.8. The fourth-order valence-electron chi connectivity index (χ4n) is 4.86. The van der Waals surface area contributed by atoms with Crippen LogP contribution in [0.1, 0.15) is 22.9 Å². The first-order chi connectivity index (χ1) is 16.5. The van der Waals surface area contributed by atoms with Crippen molar-refractivity contribution < 1.29 is 14.3 Å². The molecule has 5 rings (SSSR count). The lowest BCUT2D eigenvalue weighted by molar-refractivity contribution is -0.135. The molecular weight excluding hydrogens is 470 g/mol. The number of nitrogens with zero attached hydrogens (tertiary/aromatic N) is 2.